The van der Waals surface area contributed by atoms with E-state index in [-0.39, 0.29) is 23.2 Å². The van der Waals surface area contributed by atoms with Gasteiger partial charge in [0, 0.05) is 18.1 Å². The van der Waals surface area contributed by atoms with E-state index in [1.807, 2.05) is 0 Å². The number of hydrogen-bond acceptors (Lipinski definition) is 3. The monoisotopic (exact) mass is 367 g/mol. The van der Waals surface area contributed by atoms with Crippen molar-refractivity contribution in [2.45, 2.75) is 12.9 Å². The molecule has 0 spiro atoms. The van der Waals surface area contributed by atoms with E-state index in [1.54, 1.807) is 10.8 Å². The lowest BCUT2D eigenvalue weighted by Gasteiger charge is -2.11. The van der Waals surface area contributed by atoms with E-state index in [9.17, 15) is 22.4 Å². The summed E-state index contributed by atoms with van der Waals surface area (Å²) in [7, 11) is 1.23. The minimum absolute atomic E-state index is 0.200. The van der Waals surface area contributed by atoms with Crippen LogP contribution in [0.25, 0.3) is 10.9 Å². The van der Waals surface area contributed by atoms with E-state index in [0.29, 0.717) is 11.1 Å². The highest BCUT2D eigenvalue weighted by Gasteiger charge is 2.30. The summed E-state index contributed by atoms with van der Waals surface area (Å²) in [4.78, 5) is 11.9. The molecular formula is C18H13F4NO3. The third-order valence-electron chi connectivity index (χ3n) is 3.79. The molecule has 0 saturated heterocycles. The van der Waals surface area contributed by atoms with Crippen LogP contribution in [0.2, 0.25) is 0 Å². The minimum Gasteiger partial charge on any atom is -0.465 e. The van der Waals surface area contributed by atoms with E-state index in [4.69, 9.17) is 4.74 Å². The van der Waals surface area contributed by atoms with E-state index in [0.717, 1.165) is 0 Å². The molecule has 0 radical (unpaired) electrons. The van der Waals surface area contributed by atoms with Crippen molar-refractivity contribution in [3.63, 3.8) is 0 Å². The molecule has 1 heterocycles. The van der Waals surface area contributed by atoms with Crippen molar-refractivity contribution in [2.75, 3.05) is 7.11 Å². The van der Waals surface area contributed by atoms with Gasteiger partial charge in [0.25, 0.3) is 0 Å². The number of carbonyl (C=O) groups excluding carboxylic acids is 1. The van der Waals surface area contributed by atoms with Gasteiger partial charge in [-0.1, -0.05) is 12.1 Å². The quantitative estimate of drug-likeness (QED) is 0.503. The summed E-state index contributed by atoms with van der Waals surface area (Å²) in [5, 5.41) is 0.255. The number of halogens is 4. The second-order valence-corrected chi connectivity index (χ2v) is 5.48. The molecule has 0 fully saturated rings. The molecular weight excluding hydrogens is 354 g/mol. The number of aromatic nitrogens is 1. The van der Waals surface area contributed by atoms with Gasteiger partial charge in [-0.2, -0.15) is 0 Å². The van der Waals surface area contributed by atoms with Crippen LogP contribution >= 0.6 is 0 Å². The maximum atomic E-state index is 14.0. The van der Waals surface area contributed by atoms with Crippen LogP contribution in [0.4, 0.5) is 17.6 Å². The molecule has 0 atom stereocenters. The molecule has 0 saturated carbocycles. The van der Waals surface area contributed by atoms with Gasteiger partial charge in [0.15, 0.2) is 0 Å². The molecule has 0 unspecified atom stereocenters. The van der Waals surface area contributed by atoms with Gasteiger partial charge in [-0.15, -0.1) is 13.2 Å². The van der Waals surface area contributed by atoms with Crippen LogP contribution in [0.3, 0.4) is 0 Å². The number of methoxy groups -OCH3 is 1. The molecule has 0 bridgehead atoms. The highest BCUT2D eigenvalue weighted by Crippen LogP contribution is 2.26. The summed E-state index contributed by atoms with van der Waals surface area (Å²) in [6.45, 7) is 0.225. The van der Waals surface area contributed by atoms with Crippen molar-refractivity contribution in [3.8, 4) is 5.75 Å². The lowest BCUT2D eigenvalue weighted by atomic mass is 10.1. The first-order valence-corrected chi connectivity index (χ1v) is 7.49. The van der Waals surface area contributed by atoms with Gasteiger partial charge >= 0.3 is 12.3 Å². The van der Waals surface area contributed by atoms with Crippen LogP contribution in [0.15, 0.2) is 48.7 Å². The molecule has 0 amide bonds. The minimum atomic E-state index is -4.76. The lowest BCUT2D eigenvalue weighted by Crippen LogP contribution is -2.17. The van der Waals surface area contributed by atoms with Gasteiger partial charge < -0.3 is 14.0 Å². The number of benzene rings is 2. The number of fused-ring (bicyclic) bond motifs is 1. The fourth-order valence-electron chi connectivity index (χ4n) is 2.69. The highest BCUT2D eigenvalue weighted by molar-refractivity contribution is 6.03. The van der Waals surface area contributed by atoms with Gasteiger partial charge in [0.1, 0.15) is 11.6 Å². The number of nitrogens with zero attached hydrogens (tertiary/aromatic N) is 1. The Morgan fingerprint density at radius 2 is 1.77 bits per heavy atom. The fraction of sp³-hybridized carbons (Fsp3) is 0.167. The zero-order valence-electron chi connectivity index (χ0n) is 13.5. The Morgan fingerprint density at radius 1 is 1.08 bits per heavy atom. The Bertz CT molecular complexity index is 945. The highest BCUT2D eigenvalue weighted by atomic mass is 19.4. The molecule has 136 valence electrons. The van der Waals surface area contributed by atoms with Gasteiger partial charge in [0.2, 0.25) is 0 Å². The molecule has 1 aromatic heterocycles. The standard InChI is InChI=1S/C18H13F4NO3/c1-25-17(24)14-6-7-15(19)13-8-9-23(16(13)14)10-11-2-4-12(5-3-11)26-18(20,21)22/h2-9H,10H2,1H3. The van der Waals surface area contributed by atoms with E-state index >= 15 is 0 Å². The summed E-state index contributed by atoms with van der Waals surface area (Å²) in [6.07, 6.45) is -3.16. The van der Waals surface area contributed by atoms with Crippen LogP contribution in [0.1, 0.15) is 15.9 Å². The van der Waals surface area contributed by atoms with Gasteiger partial charge in [-0.3, -0.25) is 0 Å². The molecule has 26 heavy (non-hydrogen) atoms. The average molecular weight is 367 g/mol. The van der Waals surface area contributed by atoms with E-state index in [1.165, 1.54) is 49.6 Å². The number of esters is 1. The Morgan fingerprint density at radius 3 is 2.38 bits per heavy atom. The smallest absolute Gasteiger partial charge is 0.465 e. The molecule has 0 aliphatic heterocycles. The van der Waals surface area contributed by atoms with Crippen molar-refractivity contribution in [1.82, 2.24) is 4.57 Å². The summed E-state index contributed by atoms with van der Waals surface area (Å²) < 4.78 is 60.8. The van der Waals surface area contributed by atoms with Crippen LogP contribution in [0.5, 0.6) is 5.75 Å². The van der Waals surface area contributed by atoms with Gasteiger partial charge in [-0.25, -0.2) is 9.18 Å². The van der Waals surface area contributed by atoms with Crippen LogP contribution in [-0.4, -0.2) is 24.0 Å². The number of carbonyl (C=O) groups is 1. The molecule has 3 aromatic rings. The van der Waals surface area contributed by atoms with Crippen molar-refractivity contribution < 1.29 is 31.8 Å². The predicted octanol–water partition coefficient (Wildman–Crippen LogP) is 4.51. The second-order valence-electron chi connectivity index (χ2n) is 5.48. The molecule has 0 aliphatic rings. The van der Waals surface area contributed by atoms with Crippen molar-refractivity contribution in [1.29, 1.82) is 0 Å². The number of hydrogen-bond donors (Lipinski definition) is 0. The largest absolute Gasteiger partial charge is 0.573 e. The zero-order chi connectivity index (χ0) is 18.9. The fourth-order valence-corrected chi connectivity index (χ4v) is 2.69. The number of ether oxygens (including phenoxy) is 2. The molecule has 2 aromatic carbocycles. The second kappa shape index (κ2) is 6.70. The van der Waals surface area contributed by atoms with Crippen molar-refractivity contribution in [2.24, 2.45) is 0 Å². The first-order chi connectivity index (χ1) is 12.3. The maximum absolute atomic E-state index is 14.0. The van der Waals surface area contributed by atoms with E-state index < -0.39 is 18.1 Å². The van der Waals surface area contributed by atoms with E-state index in [2.05, 4.69) is 4.74 Å². The maximum Gasteiger partial charge on any atom is 0.573 e. The van der Waals surface area contributed by atoms with Crippen LogP contribution in [0, 0.1) is 5.82 Å². The summed E-state index contributed by atoms with van der Waals surface area (Å²) in [6, 6.07) is 9.35. The average Bonchev–Trinajstić information content (AvgIpc) is 3.00. The summed E-state index contributed by atoms with van der Waals surface area (Å²) in [5.41, 5.74) is 1.20. The third-order valence-corrected chi connectivity index (χ3v) is 3.79. The zero-order valence-corrected chi connectivity index (χ0v) is 13.5. The number of rotatable bonds is 4. The number of alkyl halides is 3. The Balaban J connectivity index is 1.94. The SMILES string of the molecule is COC(=O)c1ccc(F)c2ccn(Cc3ccc(OC(F)(F)F)cc3)c12. The summed E-state index contributed by atoms with van der Waals surface area (Å²) >= 11 is 0. The van der Waals surface area contributed by atoms with Crippen molar-refractivity contribution >= 4 is 16.9 Å². The first-order valence-electron chi connectivity index (χ1n) is 7.49. The molecule has 4 nitrogen and oxygen atoms in total. The molecule has 3 rings (SSSR count). The molecule has 0 aliphatic carbocycles. The Kier molecular flexibility index (Phi) is 4.58. The summed E-state index contributed by atoms with van der Waals surface area (Å²) in [5.74, 6) is -1.43. The van der Waals surface area contributed by atoms with Crippen LogP contribution in [-0.2, 0) is 11.3 Å². The van der Waals surface area contributed by atoms with Crippen molar-refractivity contribution in [3.05, 3.63) is 65.6 Å². The third kappa shape index (κ3) is 3.63. The van der Waals surface area contributed by atoms with Gasteiger partial charge in [0.05, 0.1) is 18.2 Å². The predicted molar refractivity (Wildman–Crippen MR) is 85.5 cm³/mol. The van der Waals surface area contributed by atoms with Crippen LogP contribution < -0.4 is 4.74 Å². The normalized spacial score (nSPS) is 11.6. The lowest BCUT2D eigenvalue weighted by molar-refractivity contribution is -0.274. The first kappa shape index (κ1) is 17.8. The molecule has 8 heteroatoms. The van der Waals surface area contributed by atoms with Gasteiger partial charge in [-0.05, 0) is 35.9 Å². The Hall–Kier alpha value is -3.03. The topological polar surface area (TPSA) is 40.5 Å². The Labute approximate surface area is 145 Å². The molecule has 0 N–H and O–H groups in total.